The molecule has 0 aromatic heterocycles. The number of benzene rings is 1. The fourth-order valence-corrected chi connectivity index (χ4v) is 2.69. The van der Waals surface area contributed by atoms with Gasteiger partial charge in [0.2, 0.25) is 0 Å². The summed E-state index contributed by atoms with van der Waals surface area (Å²) in [5, 5.41) is 3.62. The van der Waals surface area contributed by atoms with E-state index in [2.05, 4.69) is 29.6 Å². The van der Waals surface area contributed by atoms with Crippen LogP contribution in [0.1, 0.15) is 18.4 Å². The molecule has 2 atom stereocenters. The van der Waals surface area contributed by atoms with Crippen LogP contribution in [0.5, 0.6) is 0 Å². The summed E-state index contributed by atoms with van der Waals surface area (Å²) in [7, 11) is 0. The lowest BCUT2D eigenvalue weighted by Gasteiger charge is -2.27. The Hall–Kier alpha value is -1.02. The Labute approximate surface area is 90.6 Å². The van der Waals surface area contributed by atoms with Crippen LogP contribution in [0.15, 0.2) is 24.3 Å². The van der Waals surface area contributed by atoms with Gasteiger partial charge in [0.25, 0.3) is 0 Å². The first-order valence-corrected chi connectivity index (χ1v) is 5.86. The summed E-state index contributed by atoms with van der Waals surface area (Å²) < 4.78 is 5.55. The topological polar surface area (TPSA) is 21.3 Å². The molecule has 0 amide bonds. The monoisotopic (exact) mass is 203 g/mol. The third-order valence-corrected chi connectivity index (χ3v) is 3.56. The van der Waals surface area contributed by atoms with Crippen molar-refractivity contribution >= 4 is 5.69 Å². The fraction of sp³-hybridized carbons (Fsp3) is 0.538. The molecule has 2 aliphatic heterocycles. The summed E-state index contributed by atoms with van der Waals surface area (Å²) in [5.41, 5.74) is 2.79. The summed E-state index contributed by atoms with van der Waals surface area (Å²) in [6.07, 6.45) is 3.70. The van der Waals surface area contributed by atoms with Crippen LogP contribution in [-0.4, -0.2) is 19.3 Å². The standard InChI is InChI=1S/C13H17NO/c1-2-6-12-10(4-1)8-13(14-12)11-5-3-7-15-9-11/h1-2,4,6,11,13-14H,3,5,7-9H2. The molecule has 3 rings (SSSR count). The summed E-state index contributed by atoms with van der Waals surface area (Å²) in [6.45, 7) is 1.89. The normalized spacial score (nSPS) is 29.6. The Morgan fingerprint density at radius 1 is 1.27 bits per heavy atom. The van der Waals surface area contributed by atoms with Gasteiger partial charge in [0.15, 0.2) is 0 Å². The first-order chi connectivity index (χ1) is 7.43. The highest BCUT2D eigenvalue weighted by atomic mass is 16.5. The van der Waals surface area contributed by atoms with E-state index in [9.17, 15) is 0 Å². The van der Waals surface area contributed by atoms with E-state index in [-0.39, 0.29) is 0 Å². The predicted octanol–water partition coefficient (Wildman–Crippen LogP) is 2.45. The van der Waals surface area contributed by atoms with Gasteiger partial charge in [-0.05, 0) is 30.9 Å². The first-order valence-electron chi connectivity index (χ1n) is 5.86. The lowest BCUT2D eigenvalue weighted by Crippen LogP contribution is -2.33. The summed E-state index contributed by atoms with van der Waals surface area (Å²) in [6, 6.07) is 9.24. The van der Waals surface area contributed by atoms with Gasteiger partial charge in [-0.1, -0.05) is 18.2 Å². The van der Waals surface area contributed by atoms with Gasteiger partial charge >= 0.3 is 0 Å². The largest absolute Gasteiger partial charge is 0.381 e. The van der Waals surface area contributed by atoms with Gasteiger partial charge in [-0.15, -0.1) is 0 Å². The molecule has 0 saturated carbocycles. The minimum Gasteiger partial charge on any atom is -0.381 e. The molecule has 2 aliphatic rings. The maximum Gasteiger partial charge on any atom is 0.0513 e. The molecule has 1 aromatic rings. The second kappa shape index (κ2) is 3.86. The number of fused-ring (bicyclic) bond motifs is 1. The Morgan fingerprint density at radius 2 is 2.20 bits per heavy atom. The zero-order valence-electron chi connectivity index (χ0n) is 8.91. The predicted molar refractivity (Wildman–Crippen MR) is 61.1 cm³/mol. The van der Waals surface area contributed by atoms with Gasteiger partial charge in [0, 0.05) is 24.3 Å². The molecule has 0 bridgehead atoms. The second-order valence-corrected chi connectivity index (χ2v) is 4.59. The smallest absolute Gasteiger partial charge is 0.0513 e. The number of nitrogens with one attached hydrogen (secondary N) is 1. The minimum absolute atomic E-state index is 0.600. The van der Waals surface area contributed by atoms with Gasteiger partial charge in [0.1, 0.15) is 0 Å². The maximum atomic E-state index is 5.55. The molecule has 2 unspecified atom stereocenters. The third-order valence-electron chi connectivity index (χ3n) is 3.56. The van der Waals surface area contributed by atoms with E-state index < -0.39 is 0 Å². The highest BCUT2D eigenvalue weighted by Gasteiger charge is 2.29. The van der Waals surface area contributed by atoms with Gasteiger partial charge in [-0.2, -0.15) is 0 Å². The van der Waals surface area contributed by atoms with Crippen molar-refractivity contribution in [1.29, 1.82) is 0 Å². The summed E-state index contributed by atoms with van der Waals surface area (Å²) >= 11 is 0. The van der Waals surface area contributed by atoms with E-state index >= 15 is 0 Å². The number of rotatable bonds is 1. The van der Waals surface area contributed by atoms with Crippen molar-refractivity contribution in [3.05, 3.63) is 29.8 Å². The average Bonchev–Trinajstić information content (AvgIpc) is 2.74. The number of hydrogen-bond donors (Lipinski definition) is 1. The number of anilines is 1. The third kappa shape index (κ3) is 1.74. The van der Waals surface area contributed by atoms with Gasteiger partial charge in [-0.3, -0.25) is 0 Å². The van der Waals surface area contributed by atoms with Crippen LogP contribution in [0.3, 0.4) is 0 Å². The van der Waals surface area contributed by atoms with Crippen molar-refractivity contribution < 1.29 is 4.74 Å². The molecular formula is C13H17NO. The van der Waals surface area contributed by atoms with Gasteiger partial charge in [0.05, 0.1) is 6.61 Å². The molecule has 0 spiro atoms. The van der Waals surface area contributed by atoms with Crippen LogP contribution in [0.2, 0.25) is 0 Å². The molecule has 2 nitrogen and oxygen atoms in total. The molecule has 1 aromatic carbocycles. The van der Waals surface area contributed by atoms with Crippen LogP contribution >= 0.6 is 0 Å². The highest BCUT2D eigenvalue weighted by molar-refractivity contribution is 5.56. The molecule has 80 valence electrons. The SMILES string of the molecule is c1ccc2c(c1)CC(C1CCCOC1)N2. The van der Waals surface area contributed by atoms with E-state index in [1.165, 1.54) is 30.5 Å². The van der Waals surface area contributed by atoms with Crippen LogP contribution < -0.4 is 5.32 Å². The molecule has 15 heavy (non-hydrogen) atoms. The zero-order valence-corrected chi connectivity index (χ0v) is 8.91. The van der Waals surface area contributed by atoms with Crippen LogP contribution in [0, 0.1) is 5.92 Å². The Morgan fingerprint density at radius 3 is 3.00 bits per heavy atom. The van der Waals surface area contributed by atoms with E-state index in [4.69, 9.17) is 4.74 Å². The molecule has 2 heteroatoms. The summed E-state index contributed by atoms with van der Waals surface area (Å²) in [4.78, 5) is 0. The summed E-state index contributed by atoms with van der Waals surface area (Å²) in [5.74, 6) is 0.700. The van der Waals surface area contributed by atoms with E-state index in [0.717, 1.165) is 13.2 Å². The molecular weight excluding hydrogens is 186 g/mol. The minimum atomic E-state index is 0.600. The molecule has 1 saturated heterocycles. The molecule has 0 aliphatic carbocycles. The molecule has 0 radical (unpaired) electrons. The van der Waals surface area contributed by atoms with Crippen molar-refractivity contribution in [3.8, 4) is 0 Å². The average molecular weight is 203 g/mol. The van der Waals surface area contributed by atoms with Crippen LogP contribution in [0.25, 0.3) is 0 Å². The van der Waals surface area contributed by atoms with Crippen LogP contribution in [0.4, 0.5) is 5.69 Å². The Balaban J connectivity index is 1.72. The van der Waals surface area contributed by atoms with E-state index in [1.807, 2.05) is 0 Å². The van der Waals surface area contributed by atoms with E-state index in [1.54, 1.807) is 0 Å². The van der Waals surface area contributed by atoms with Crippen LogP contribution in [-0.2, 0) is 11.2 Å². The molecule has 1 fully saturated rings. The van der Waals surface area contributed by atoms with Crippen molar-refractivity contribution in [2.24, 2.45) is 5.92 Å². The van der Waals surface area contributed by atoms with E-state index in [0.29, 0.717) is 12.0 Å². The van der Waals surface area contributed by atoms with Gasteiger partial charge in [-0.25, -0.2) is 0 Å². The van der Waals surface area contributed by atoms with Gasteiger partial charge < -0.3 is 10.1 Å². The molecule has 2 heterocycles. The number of para-hydroxylation sites is 1. The quantitative estimate of drug-likeness (QED) is 0.757. The van der Waals surface area contributed by atoms with Crippen molar-refractivity contribution in [1.82, 2.24) is 0 Å². The highest BCUT2D eigenvalue weighted by Crippen LogP contribution is 2.31. The first kappa shape index (κ1) is 9.22. The zero-order chi connectivity index (χ0) is 10.1. The van der Waals surface area contributed by atoms with Crippen molar-refractivity contribution in [2.45, 2.75) is 25.3 Å². The maximum absolute atomic E-state index is 5.55. The lowest BCUT2D eigenvalue weighted by atomic mass is 9.92. The lowest BCUT2D eigenvalue weighted by molar-refractivity contribution is 0.0484. The number of ether oxygens (including phenoxy) is 1. The fourth-order valence-electron chi connectivity index (χ4n) is 2.69. The van der Waals surface area contributed by atoms with Crippen molar-refractivity contribution in [3.63, 3.8) is 0 Å². The number of hydrogen-bond acceptors (Lipinski definition) is 2. The Kier molecular flexibility index (Phi) is 2.37. The van der Waals surface area contributed by atoms with Crippen molar-refractivity contribution in [2.75, 3.05) is 18.5 Å². The second-order valence-electron chi connectivity index (χ2n) is 4.59. The molecule has 1 N–H and O–H groups in total. The Bertz CT molecular complexity index is 319.